The Kier molecular flexibility index (Phi) is 3.94. The van der Waals surface area contributed by atoms with Crippen molar-refractivity contribution in [2.24, 2.45) is 0 Å². The molecule has 1 amide bonds. The summed E-state index contributed by atoms with van der Waals surface area (Å²) in [5.41, 5.74) is 2.54. The van der Waals surface area contributed by atoms with E-state index in [0.717, 1.165) is 21.2 Å². The van der Waals surface area contributed by atoms with Crippen molar-refractivity contribution in [3.63, 3.8) is 0 Å². The lowest BCUT2D eigenvalue weighted by atomic mass is 9.81. The number of benzene rings is 2. The van der Waals surface area contributed by atoms with Crippen molar-refractivity contribution in [1.82, 2.24) is 4.90 Å². The van der Waals surface area contributed by atoms with Crippen LogP contribution in [0.15, 0.2) is 46.9 Å². The van der Waals surface area contributed by atoms with E-state index in [9.17, 15) is 4.79 Å². The third-order valence-electron chi connectivity index (χ3n) is 4.98. The van der Waals surface area contributed by atoms with E-state index >= 15 is 0 Å². The summed E-state index contributed by atoms with van der Waals surface area (Å²) in [4.78, 5) is 15.0. The van der Waals surface area contributed by atoms with Crippen LogP contribution >= 0.6 is 27.5 Å². The predicted molar refractivity (Wildman–Crippen MR) is 96.9 cm³/mol. The maximum Gasteiger partial charge on any atom is 0.233 e. The normalized spacial score (nSPS) is 25.5. The van der Waals surface area contributed by atoms with Crippen LogP contribution in [0, 0.1) is 0 Å². The first-order valence-corrected chi connectivity index (χ1v) is 9.10. The Morgan fingerprint density at radius 2 is 2.04 bits per heavy atom. The summed E-state index contributed by atoms with van der Waals surface area (Å²) >= 11 is 9.86. The van der Waals surface area contributed by atoms with Crippen LogP contribution in [-0.2, 0) is 22.7 Å². The van der Waals surface area contributed by atoms with Gasteiger partial charge in [0.25, 0.3) is 0 Å². The molecule has 0 aliphatic carbocycles. The topological polar surface area (TPSA) is 29.5 Å². The summed E-state index contributed by atoms with van der Waals surface area (Å²) in [6, 6.07) is 14.0. The first-order chi connectivity index (χ1) is 11.5. The van der Waals surface area contributed by atoms with Crippen molar-refractivity contribution in [2.45, 2.75) is 31.6 Å². The molecule has 0 radical (unpaired) electrons. The summed E-state index contributed by atoms with van der Waals surface area (Å²) in [6.07, 6.45) is 0. The van der Waals surface area contributed by atoms with Crippen LogP contribution in [0.2, 0.25) is 5.02 Å². The molecule has 2 aliphatic rings. The van der Waals surface area contributed by atoms with Crippen molar-refractivity contribution < 1.29 is 9.53 Å². The molecule has 2 aliphatic heterocycles. The van der Waals surface area contributed by atoms with Crippen LogP contribution in [0.4, 0.5) is 0 Å². The van der Waals surface area contributed by atoms with Gasteiger partial charge in [0.2, 0.25) is 5.91 Å². The average Bonchev–Trinajstić information content (AvgIpc) is 2.83. The van der Waals surface area contributed by atoms with Crippen LogP contribution in [0.5, 0.6) is 0 Å². The number of halogens is 2. The minimum Gasteiger partial charge on any atom is -0.368 e. The molecular weight excluding hydrogens is 390 g/mol. The Hall–Kier alpha value is -1.36. The Morgan fingerprint density at radius 1 is 1.29 bits per heavy atom. The third-order valence-corrected chi connectivity index (χ3v) is 6.30. The van der Waals surface area contributed by atoms with Gasteiger partial charge in [-0.25, -0.2) is 0 Å². The van der Waals surface area contributed by atoms with E-state index in [0.29, 0.717) is 24.7 Å². The molecule has 0 bridgehead atoms. The molecule has 4 rings (SSSR count). The summed E-state index contributed by atoms with van der Waals surface area (Å²) in [6.45, 7) is 3.67. The summed E-state index contributed by atoms with van der Waals surface area (Å²) < 4.78 is 6.96. The first-order valence-electron chi connectivity index (χ1n) is 7.93. The molecule has 1 fully saturated rings. The van der Waals surface area contributed by atoms with Gasteiger partial charge in [-0.1, -0.05) is 48.0 Å². The van der Waals surface area contributed by atoms with Gasteiger partial charge in [-0.05, 0) is 40.0 Å². The van der Waals surface area contributed by atoms with Gasteiger partial charge in [-0.15, -0.1) is 0 Å². The fraction of sp³-hybridized carbons (Fsp3) is 0.316. The Labute approximate surface area is 154 Å². The number of hydrogen-bond acceptors (Lipinski definition) is 2. The summed E-state index contributed by atoms with van der Waals surface area (Å²) in [5, 5.41) is 0.642. The van der Waals surface area contributed by atoms with E-state index in [-0.39, 0.29) is 11.8 Å². The number of carbonyl (C=O) groups excluding carboxylic acids is 1. The second-order valence-corrected chi connectivity index (χ2v) is 7.88. The van der Waals surface area contributed by atoms with Crippen LogP contribution in [-0.4, -0.2) is 23.0 Å². The number of fused-ring (bicyclic) bond motifs is 3. The number of rotatable bonds is 2. The zero-order valence-electron chi connectivity index (χ0n) is 13.3. The smallest absolute Gasteiger partial charge is 0.233 e. The molecule has 0 spiro atoms. The molecule has 5 heteroatoms. The van der Waals surface area contributed by atoms with E-state index < -0.39 is 5.60 Å². The standard InChI is InChI=1S/C19H17BrClNO2/c1-19-11-22(9-12-5-3-2-4-6-12)18(23)16(19)13-7-8-15(20)17(21)14(13)10-24-19/h2-8,16H,9-11H2,1H3/t16-,19-/m1/s1. The largest absolute Gasteiger partial charge is 0.368 e. The molecule has 0 unspecified atom stereocenters. The SMILES string of the molecule is C[C@@]12CN(Cc3ccccc3)C(=O)[C@H]1c1ccc(Br)c(Cl)c1CO2. The molecule has 2 aromatic rings. The van der Waals surface area contributed by atoms with E-state index in [1.807, 2.05) is 54.3 Å². The Morgan fingerprint density at radius 3 is 2.79 bits per heavy atom. The van der Waals surface area contributed by atoms with E-state index in [2.05, 4.69) is 15.9 Å². The number of hydrogen-bond donors (Lipinski definition) is 0. The van der Waals surface area contributed by atoms with Crippen molar-refractivity contribution >= 4 is 33.4 Å². The second kappa shape index (κ2) is 5.87. The zero-order chi connectivity index (χ0) is 16.9. The summed E-state index contributed by atoms with van der Waals surface area (Å²) in [7, 11) is 0. The molecule has 24 heavy (non-hydrogen) atoms. The monoisotopic (exact) mass is 405 g/mol. The van der Waals surface area contributed by atoms with Gasteiger partial charge >= 0.3 is 0 Å². The fourth-order valence-corrected chi connectivity index (χ4v) is 4.38. The highest BCUT2D eigenvalue weighted by molar-refractivity contribution is 9.10. The molecule has 0 N–H and O–H groups in total. The maximum absolute atomic E-state index is 13.1. The van der Waals surface area contributed by atoms with Crippen molar-refractivity contribution in [1.29, 1.82) is 0 Å². The number of nitrogens with zero attached hydrogens (tertiary/aromatic N) is 1. The highest BCUT2D eigenvalue weighted by Gasteiger charge is 2.53. The van der Waals surface area contributed by atoms with Gasteiger partial charge in [0.05, 0.1) is 29.7 Å². The van der Waals surface area contributed by atoms with Crippen LogP contribution in [0.3, 0.4) is 0 Å². The Bertz CT molecular complexity index is 811. The minimum absolute atomic E-state index is 0.112. The molecule has 2 atom stereocenters. The van der Waals surface area contributed by atoms with Gasteiger partial charge in [-0.2, -0.15) is 0 Å². The van der Waals surface area contributed by atoms with Gasteiger partial charge in [0.1, 0.15) is 0 Å². The van der Waals surface area contributed by atoms with Gasteiger partial charge in [0.15, 0.2) is 0 Å². The number of ether oxygens (including phenoxy) is 1. The average molecular weight is 407 g/mol. The minimum atomic E-state index is -0.504. The predicted octanol–water partition coefficient (Wildman–Crippen LogP) is 4.52. The number of likely N-dealkylation sites (tertiary alicyclic amines) is 1. The first kappa shape index (κ1) is 16.1. The fourth-order valence-electron chi connectivity index (χ4n) is 3.78. The highest BCUT2D eigenvalue weighted by Crippen LogP contribution is 2.48. The quantitative estimate of drug-likeness (QED) is 0.734. The molecule has 2 heterocycles. The van der Waals surface area contributed by atoms with Crippen LogP contribution in [0.25, 0.3) is 0 Å². The molecule has 2 aromatic carbocycles. The molecule has 0 saturated carbocycles. The zero-order valence-corrected chi connectivity index (χ0v) is 15.6. The third kappa shape index (κ3) is 2.48. The van der Waals surface area contributed by atoms with Crippen molar-refractivity contribution in [3.05, 3.63) is 68.7 Å². The number of carbonyl (C=O) groups is 1. The molecule has 3 nitrogen and oxygen atoms in total. The second-order valence-electron chi connectivity index (χ2n) is 6.64. The van der Waals surface area contributed by atoms with Crippen molar-refractivity contribution in [3.8, 4) is 0 Å². The lowest BCUT2D eigenvalue weighted by Gasteiger charge is -2.36. The molecule has 1 saturated heterocycles. The van der Waals surface area contributed by atoms with E-state index in [1.54, 1.807) is 0 Å². The Balaban J connectivity index is 1.70. The number of amides is 1. The lowest BCUT2D eigenvalue weighted by Crippen LogP contribution is -2.40. The van der Waals surface area contributed by atoms with Crippen molar-refractivity contribution in [2.75, 3.05) is 6.54 Å². The summed E-state index contributed by atoms with van der Waals surface area (Å²) in [5.74, 6) is -0.184. The maximum atomic E-state index is 13.1. The van der Waals surface area contributed by atoms with E-state index in [4.69, 9.17) is 16.3 Å². The van der Waals surface area contributed by atoms with Crippen LogP contribution in [0.1, 0.15) is 29.5 Å². The highest BCUT2D eigenvalue weighted by atomic mass is 79.9. The van der Waals surface area contributed by atoms with E-state index in [1.165, 1.54) is 0 Å². The van der Waals surface area contributed by atoms with Crippen LogP contribution < -0.4 is 0 Å². The molecule has 124 valence electrons. The van der Waals surface area contributed by atoms with Gasteiger partial charge in [0, 0.05) is 16.6 Å². The van der Waals surface area contributed by atoms with Gasteiger partial charge < -0.3 is 9.64 Å². The van der Waals surface area contributed by atoms with Gasteiger partial charge in [-0.3, -0.25) is 4.79 Å². The lowest BCUT2D eigenvalue weighted by molar-refractivity contribution is -0.131. The molecule has 0 aromatic heterocycles. The molecular formula is C19H17BrClNO2.